The first-order valence-electron chi connectivity index (χ1n) is 11.2. The maximum absolute atomic E-state index is 12.3. The van der Waals surface area contributed by atoms with Gasteiger partial charge in [0.05, 0.1) is 12.2 Å². The van der Waals surface area contributed by atoms with Gasteiger partial charge in [-0.3, -0.25) is 14.5 Å². The molecule has 1 N–H and O–H groups in total. The van der Waals surface area contributed by atoms with Gasteiger partial charge in [-0.1, -0.05) is 36.4 Å². The third-order valence-corrected chi connectivity index (χ3v) is 5.90. The van der Waals surface area contributed by atoms with Gasteiger partial charge in [0.15, 0.2) is 6.61 Å². The molecule has 0 bridgehead atoms. The summed E-state index contributed by atoms with van der Waals surface area (Å²) >= 11 is 0. The second-order valence-electron chi connectivity index (χ2n) is 8.07. The van der Waals surface area contributed by atoms with Gasteiger partial charge in [0.2, 0.25) is 0 Å². The number of rotatable bonds is 7. The Morgan fingerprint density at radius 2 is 1.84 bits per heavy atom. The Hall–Kier alpha value is -3.67. The molecule has 0 fully saturated rings. The first kappa shape index (κ1) is 20.2. The minimum atomic E-state index is -0.135. The SMILES string of the molecule is O=C(COc1ccc2ccccc2c1)NCCn1nc(-c2ccccn2)c2c1CCCC2. The zero-order valence-corrected chi connectivity index (χ0v) is 18.0. The second kappa shape index (κ2) is 9.22. The number of ether oxygens (including phenoxy) is 1. The molecule has 0 aliphatic heterocycles. The fourth-order valence-corrected chi connectivity index (χ4v) is 4.32. The average molecular weight is 427 g/mol. The van der Waals surface area contributed by atoms with Crippen LogP contribution < -0.4 is 10.1 Å². The number of nitrogens with one attached hydrogen (secondary N) is 1. The van der Waals surface area contributed by atoms with Crippen LogP contribution in [0.3, 0.4) is 0 Å². The third-order valence-electron chi connectivity index (χ3n) is 5.90. The van der Waals surface area contributed by atoms with Crippen molar-refractivity contribution in [1.82, 2.24) is 20.1 Å². The van der Waals surface area contributed by atoms with Crippen molar-refractivity contribution >= 4 is 16.7 Å². The zero-order chi connectivity index (χ0) is 21.8. The van der Waals surface area contributed by atoms with Gasteiger partial charge in [0, 0.05) is 24.0 Å². The van der Waals surface area contributed by atoms with E-state index in [0.717, 1.165) is 35.0 Å². The molecular formula is C26H26N4O2. The molecule has 0 radical (unpaired) electrons. The van der Waals surface area contributed by atoms with Crippen LogP contribution in [0.15, 0.2) is 66.9 Å². The number of carbonyl (C=O) groups is 1. The molecule has 5 rings (SSSR count). The number of pyridine rings is 1. The summed E-state index contributed by atoms with van der Waals surface area (Å²) in [7, 11) is 0. The Labute approximate surface area is 187 Å². The predicted molar refractivity (Wildman–Crippen MR) is 125 cm³/mol. The standard InChI is InChI=1S/C26H26N4O2/c31-25(18-32-21-13-12-19-7-1-2-8-20(19)17-21)28-15-16-30-24-11-4-3-9-22(24)26(29-30)23-10-5-6-14-27-23/h1-2,5-8,10,12-14,17H,3-4,9,11,15-16,18H2,(H,28,31). The number of nitrogens with zero attached hydrogens (tertiary/aromatic N) is 3. The highest BCUT2D eigenvalue weighted by Crippen LogP contribution is 2.30. The molecule has 0 saturated carbocycles. The van der Waals surface area contributed by atoms with E-state index in [4.69, 9.17) is 9.84 Å². The monoisotopic (exact) mass is 426 g/mol. The maximum atomic E-state index is 12.3. The first-order chi connectivity index (χ1) is 15.8. The molecule has 0 atom stereocenters. The van der Waals surface area contributed by atoms with Gasteiger partial charge in [-0.2, -0.15) is 5.10 Å². The van der Waals surface area contributed by atoms with E-state index in [0.29, 0.717) is 18.8 Å². The summed E-state index contributed by atoms with van der Waals surface area (Å²) in [6.45, 7) is 1.14. The lowest BCUT2D eigenvalue weighted by Crippen LogP contribution is -2.32. The van der Waals surface area contributed by atoms with Gasteiger partial charge in [-0.05, 0) is 60.7 Å². The van der Waals surface area contributed by atoms with Gasteiger partial charge in [0.1, 0.15) is 11.4 Å². The molecule has 0 spiro atoms. The highest BCUT2D eigenvalue weighted by molar-refractivity contribution is 5.84. The van der Waals surface area contributed by atoms with E-state index >= 15 is 0 Å². The van der Waals surface area contributed by atoms with Crippen molar-refractivity contribution in [2.45, 2.75) is 32.2 Å². The van der Waals surface area contributed by atoms with Crippen LogP contribution in [0.4, 0.5) is 0 Å². The molecule has 1 aliphatic carbocycles. The number of carbonyl (C=O) groups excluding carboxylic acids is 1. The summed E-state index contributed by atoms with van der Waals surface area (Å²) in [5.41, 5.74) is 4.47. The Morgan fingerprint density at radius 1 is 1.00 bits per heavy atom. The molecule has 2 aromatic heterocycles. The van der Waals surface area contributed by atoms with E-state index in [1.807, 2.05) is 59.3 Å². The van der Waals surface area contributed by atoms with Crippen molar-refractivity contribution in [2.24, 2.45) is 0 Å². The first-order valence-corrected chi connectivity index (χ1v) is 11.2. The molecule has 6 heteroatoms. The second-order valence-corrected chi connectivity index (χ2v) is 8.07. The fourth-order valence-electron chi connectivity index (χ4n) is 4.32. The molecule has 1 aliphatic rings. The molecule has 32 heavy (non-hydrogen) atoms. The van der Waals surface area contributed by atoms with E-state index in [1.54, 1.807) is 6.20 Å². The summed E-state index contributed by atoms with van der Waals surface area (Å²) in [4.78, 5) is 16.8. The quantitative estimate of drug-likeness (QED) is 0.482. The van der Waals surface area contributed by atoms with E-state index in [-0.39, 0.29) is 12.5 Å². The normalized spacial score (nSPS) is 13.0. The average Bonchev–Trinajstić information content (AvgIpc) is 3.22. The number of aromatic nitrogens is 3. The van der Waals surface area contributed by atoms with Crippen LogP contribution in [0, 0.1) is 0 Å². The predicted octanol–water partition coefficient (Wildman–Crippen LogP) is 4.17. The topological polar surface area (TPSA) is 69.0 Å². The van der Waals surface area contributed by atoms with E-state index in [9.17, 15) is 4.79 Å². The highest BCUT2D eigenvalue weighted by Gasteiger charge is 2.22. The summed E-state index contributed by atoms with van der Waals surface area (Å²) in [5.74, 6) is 0.559. The van der Waals surface area contributed by atoms with Crippen LogP contribution in [0.5, 0.6) is 5.75 Å². The molecule has 0 saturated heterocycles. The molecule has 6 nitrogen and oxygen atoms in total. The summed E-state index contributed by atoms with van der Waals surface area (Å²) in [5, 5.41) is 10.1. The van der Waals surface area contributed by atoms with Crippen LogP contribution >= 0.6 is 0 Å². The molecule has 2 aromatic carbocycles. The lowest BCUT2D eigenvalue weighted by atomic mass is 9.95. The summed E-state index contributed by atoms with van der Waals surface area (Å²) in [6.07, 6.45) is 6.22. The number of hydrogen-bond donors (Lipinski definition) is 1. The molecule has 162 valence electrons. The van der Waals surface area contributed by atoms with E-state index in [2.05, 4.69) is 16.4 Å². The van der Waals surface area contributed by atoms with Crippen molar-refractivity contribution in [3.05, 3.63) is 78.1 Å². The lowest BCUT2D eigenvalue weighted by molar-refractivity contribution is -0.123. The van der Waals surface area contributed by atoms with Gasteiger partial charge >= 0.3 is 0 Å². The largest absolute Gasteiger partial charge is 0.484 e. The number of fused-ring (bicyclic) bond motifs is 2. The highest BCUT2D eigenvalue weighted by atomic mass is 16.5. The molecule has 2 heterocycles. The summed E-state index contributed by atoms with van der Waals surface area (Å²) in [6, 6.07) is 19.9. The van der Waals surface area contributed by atoms with Gasteiger partial charge in [0.25, 0.3) is 5.91 Å². The van der Waals surface area contributed by atoms with Crippen LogP contribution in [-0.2, 0) is 24.2 Å². The Morgan fingerprint density at radius 3 is 2.72 bits per heavy atom. The van der Waals surface area contributed by atoms with Gasteiger partial charge in [-0.25, -0.2) is 0 Å². The Bertz CT molecular complexity index is 1230. The Balaban J connectivity index is 1.19. The van der Waals surface area contributed by atoms with E-state index in [1.165, 1.54) is 24.1 Å². The van der Waals surface area contributed by atoms with Crippen LogP contribution in [0.2, 0.25) is 0 Å². The number of benzene rings is 2. The van der Waals surface area contributed by atoms with E-state index < -0.39 is 0 Å². The number of amides is 1. The lowest BCUT2D eigenvalue weighted by Gasteiger charge is -2.14. The van der Waals surface area contributed by atoms with Crippen LogP contribution in [0.25, 0.3) is 22.2 Å². The minimum absolute atomic E-state index is 0.00522. The van der Waals surface area contributed by atoms with Crippen LogP contribution in [0.1, 0.15) is 24.1 Å². The van der Waals surface area contributed by atoms with Gasteiger partial charge in [-0.15, -0.1) is 0 Å². The van der Waals surface area contributed by atoms with Crippen LogP contribution in [-0.4, -0.2) is 33.8 Å². The smallest absolute Gasteiger partial charge is 0.258 e. The van der Waals surface area contributed by atoms with Crippen molar-refractivity contribution in [3.63, 3.8) is 0 Å². The van der Waals surface area contributed by atoms with Crippen molar-refractivity contribution < 1.29 is 9.53 Å². The number of hydrogen-bond acceptors (Lipinski definition) is 4. The molecular weight excluding hydrogens is 400 g/mol. The molecule has 1 amide bonds. The summed E-state index contributed by atoms with van der Waals surface area (Å²) < 4.78 is 7.73. The van der Waals surface area contributed by atoms with Crippen molar-refractivity contribution in [3.8, 4) is 17.1 Å². The van der Waals surface area contributed by atoms with Crippen molar-refractivity contribution in [2.75, 3.05) is 13.2 Å². The fraction of sp³-hybridized carbons (Fsp3) is 0.269. The van der Waals surface area contributed by atoms with Gasteiger partial charge < -0.3 is 10.1 Å². The molecule has 4 aromatic rings. The third kappa shape index (κ3) is 4.35. The van der Waals surface area contributed by atoms with Crippen molar-refractivity contribution in [1.29, 1.82) is 0 Å². The molecule has 0 unspecified atom stereocenters. The zero-order valence-electron chi connectivity index (χ0n) is 18.0. The maximum Gasteiger partial charge on any atom is 0.258 e. The minimum Gasteiger partial charge on any atom is -0.484 e. The Kier molecular flexibility index (Phi) is 5.83.